The molecular weight excluding hydrogens is 336 g/mol. The smallest absolute Gasteiger partial charge is 0.335 e. The molecule has 0 spiro atoms. The SMILES string of the molecule is N/C(=N/OC(=O)CCCN1C(=O)c2ccccc2C1=O)c1ccncc1. The molecule has 2 aromatic rings. The molecular formula is C18H16N4O4. The summed E-state index contributed by atoms with van der Waals surface area (Å²) >= 11 is 0. The van der Waals surface area contributed by atoms with E-state index in [1.165, 1.54) is 0 Å². The molecule has 2 heterocycles. The largest absolute Gasteiger partial charge is 0.380 e. The lowest BCUT2D eigenvalue weighted by atomic mass is 10.1. The van der Waals surface area contributed by atoms with E-state index in [1.54, 1.807) is 48.8 Å². The van der Waals surface area contributed by atoms with Gasteiger partial charge in [-0.25, -0.2) is 4.79 Å². The number of benzene rings is 1. The van der Waals surface area contributed by atoms with Crippen molar-refractivity contribution in [2.45, 2.75) is 12.8 Å². The number of nitrogens with two attached hydrogens (primary N) is 1. The van der Waals surface area contributed by atoms with Crippen molar-refractivity contribution in [2.75, 3.05) is 6.54 Å². The summed E-state index contributed by atoms with van der Waals surface area (Å²) in [6, 6.07) is 9.90. The van der Waals surface area contributed by atoms with Gasteiger partial charge >= 0.3 is 5.97 Å². The molecule has 8 nitrogen and oxygen atoms in total. The molecule has 2 amide bonds. The summed E-state index contributed by atoms with van der Waals surface area (Å²) in [5.41, 5.74) is 7.05. The molecule has 1 aliphatic heterocycles. The number of imide groups is 1. The van der Waals surface area contributed by atoms with Crippen LogP contribution in [0.25, 0.3) is 0 Å². The van der Waals surface area contributed by atoms with Crippen LogP contribution in [0.2, 0.25) is 0 Å². The first-order valence-electron chi connectivity index (χ1n) is 7.97. The summed E-state index contributed by atoms with van der Waals surface area (Å²) in [7, 11) is 0. The second-order valence-corrected chi connectivity index (χ2v) is 5.59. The third kappa shape index (κ3) is 3.59. The van der Waals surface area contributed by atoms with Crippen molar-refractivity contribution in [2.24, 2.45) is 10.9 Å². The highest BCUT2D eigenvalue weighted by Gasteiger charge is 2.34. The summed E-state index contributed by atoms with van der Waals surface area (Å²) in [4.78, 5) is 45.9. The Labute approximate surface area is 149 Å². The first-order chi connectivity index (χ1) is 12.6. The Morgan fingerprint density at radius 2 is 1.69 bits per heavy atom. The number of pyridine rings is 1. The van der Waals surface area contributed by atoms with Crippen LogP contribution in [-0.2, 0) is 9.63 Å². The molecule has 0 bridgehead atoms. The second kappa shape index (κ2) is 7.56. The summed E-state index contributed by atoms with van der Waals surface area (Å²) in [6.07, 6.45) is 3.36. The van der Waals surface area contributed by atoms with Gasteiger partial charge in [-0.05, 0) is 30.7 Å². The molecule has 0 saturated carbocycles. The van der Waals surface area contributed by atoms with E-state index in [2.05, 4.69) is 10.1 Å². The Kier molecular flexibility index (Phi) is 5.02. The van der Waals surface area contributed by atoms with Crippen LogP contribution in [-0.4, -0.2) is 40.0 Å². The number of nitrogens with zero attached hydrogens (tertiary/aromatic N) is 3. The van der Waals surface area contributed by atoms with Crippen molar-refractivity contribution in [3.05, 3.63) is 65.5 Å². The average Bonchev–Trinajstić information content (AvgIpc) is 2.92. The standard InChI is InChI=1S/C18H16N4O4/c19-16(12-7-9-20-10-8-12)21-26-15(23)6-3-11-22-17(24)13-4-1-2-5-14(13)18(22)25/h1-2,4-5,7-10H,3,6,11H2,(H2,19,21). The van der Waals surface area contributed by atoms with Gasteiger partial charge in [-0.15, -0.1) is 0 Å². The van der Waals surface area contributed by atoms with Gasteiger partial charge in [0.25, 0.3) is 11.8 Å². The monoisotopic (exact) mass is 352 g/mol. The number of carbonyl (C=O) groups excluding carboxylic acids is 3. The number of amidine groups is 1. The van der Waals surface area contributed by atoms with Crippen molar-refractivity contribution in [3.63, 3.8) is 0 Å². The molecule has 26 heavy (non-hydrogen) atoms. The Bertz CT molecular complexity index is 845. The highest BCUT2D eigenvalue weighted by atomic mass is 16.7. The number of rotatable bonds is 6. The Hall–Kier alpha value is -3.55. The lowest BCUT2D eigenvalue weighted by Crippen LogP contribution is -2.31. The van der Waals surface area contributed by atoms with Crippen LogP contribution >= 0.6 is 0 Å². The van der Waals surface area contributed by atoms with Gasteiger partial charge in [-0.1, -0.05) is 17.3 Å². The first-order valence-corrected chi connectivity index (χ1v) is 7.97. The number of fused-ring (bicyclic) bond motifs is 1. The number of carbonyl (C=O) groups is 3. The topological polar surface area (TPSA) is 115 Å². The number of aromatic nitrogens is 1. The van der Waals surface area contributed by atoms with E-state index in [1.807, 2.05) is 0 Å². The Morgan fingerprint density at radius 1 is 1.08 bits per heavy atom. The van der Waals surface area contributed by atoms with Gasteiger partial charge in [0.2, 0.25) is 0 Å². The summed E-state index contributed by atoms with van der Waals surface area (Å²) in [6.45, 7) is 0.130. The lowest BCUT2D eigenvalue weighted by Gasteiger charge is -2.12. The highest BCUT2D eigenvalue weighted by molar-refractivity contribution is 6.21. The average molecular weight is 352 g/mol. The number of hydrogen-bond donors (Lipinski definition) is 1. The van der Waals surface area contributed by atoms with Crippen LogP contribution in [0.5, 0.6) is 0 Å². The van der Waals surface area contributed by atoms with Crippen molar-refractivity contribution in [1.29, 1.82) is 0 Å². The van der Waals surface area contributed by atoms with Gasteiger partial charge in [0, 0.05) is 30.9 Å². The second-order valence-electron chi connectivity index (χ2n) is 5.59. The molecule has 3 rings (SSSR count). The minimum atomic E-state index is -0.599. The maximum Gasteiger partial charge on any atom is 0.335 e. The van der Waals surface area contributed by atoms with E-state index in [0.29, 0.717) is 16.7 Å². The molecule has 1 aliphatic rings. The van der Waals surface area contributed by atoms with Crippen molar-refractivity contribution >= 4 is 23.6 Å². The highest BCUT2D eigenvalue weighted by Crippen LogP contribution is 2.22. The predicted molar refractivity (Wildman–Crippen MR) is 92.1 cm³/mol. The molecule has 0 radical (unpaired) electrons. The van der Waals surface area contributed by atoms with E-state index < -0.39 is 5.97 Å². The van der Waals surface area contributed by atoms with Crippen LogP contribution in [0, 0.1) is 0 Å². The van der Waals surface area contributed by atoms with Crippen LogP contribution < -0.4 is 5.73 Å². The van der Waals surface area contributed by atoms with Gasteiger partial charge in [0.1, 0.15) is 0 Å². The minimum Gasteiger partial charge on any atom is -0.380 e. The molecule has 0 saturated heterocycles. The zero-order chi connectivity index (χ0) is 18.5. The van der Waals surface area contributed by atoms with Gasteiger partial charge in [0.05, 0.1) is 11.1 Å². The minimum absolute atomic E-state index is 0.000526. The molecule has 0 aliphatic carbocycles. The molecule has 2 N–H and O–H groups in total. The molecule has 0 unspecified atom stereocenters. The first kappa shape index (κ1) is 17.3. The summed E-state index contributed by atoms with van der Waals surface area (Å²) in [5, 5.41) is 3.58. The van der Waals surface area contributed by atoms with Gasteiger partial charge in [0.15, 0.2) is 5.84 Å². The Balaban J connectivity index is 1.49. The third-order valence-electron chi connectivity index (χ3n) is 3.86. The fourth-order valence-electron chi connectivity index (χ4n) is 2.54. The van der Waals surface area contributed by atoms with Gasteiger partial charge in [-0.2, -0.15) is 0 Å². The van der Waals surface area contributed by atoms with Crippen LogP contribution in [0.4, 0.5) is 0 Å². The molecule has 0 fully saturated rings. The van der Waals surface area contributed by atoms with E-state index in [0.717, 1.165) is 4.90 Å². The summed E-state index contributed by atoms with van der Waals surface area (Å²) in [5.74, 6) is -1.24. The van der Waals surface area contributed by atoms with Crippen LogP contribution in [0.3, 0.4) is 0 Å². The zero-order valence-electron chi connectivity index (χ0n) is 13.8. The Morgan fingerprint density at radius 3 is 2.31 bits per heavy atom. The normalized spacial score (nSPS) is 13.7. The third-order valence-corrected chi connectivity index (χ3v) is 3.86. The van der Waals surface area contributed by atoms with Gasteiger partial charge < -0.3 is 10.6 Å². The van der Waals surface area contributed by atoms with E-state index in [4.69, 9.17) is 10.6 Å². The molecule has 1 aromatic carbocycles. The molecule has 0 atom stereocenters. The van der Waals surface area contributed by atoms with E-state index >= 15 is 0 Å². The molecule has 132 valence electrons. The fraction of sp³-hybridized carbons (Fsp3) is 0.167. The number of amides is 2. The molecule has 1 aromatic heterocycles. The van der Waals surface area contributed by atoms with Crippen molar-refractivity contribution in [3.8, 4) is 0 Å². The summed E-state index contributed by atoms with van der Waals surface area (Å²) < 4.78 is 0. The van der Waals surface area contributed by atoms with E-state index in [9.17, 15) is 14.4 Å². The van der Waals surface area contributed by atoms with Crippen molar-refractivity contribution < 1.29 is 19.2 Å². The fourth-order valence-corrected chi connectivity index (χ4v) is 2.54. The maximum absolute atomic E-state index is 12.2. The van der Waals surface area contributed by atoms with Crippen LogP contribution in [0.1, 0.15) is 39.1 Å². The zero-order valence-corrected chi connectivity index (χ0v) is 13.8. The number of hydrogen-bond acceptors (Lipinski definition) is 6. The predicted octanol–water partition coefficient (Wildman–Crippen LogP) is 1.32. The van der Waals surface area contributed by atoms with Gasteiger partial charge in [-0.3, -0.25) is 19.5 Å². The van der Waals surface area contributed by atoms with Crippen LogP contribution in [0.15, 0.2) is 53.9 Å². The lowest BCUT2D eigenvalue weighted by molar-refractivity contribution is -0.143. The van der Waals surface area contributed by atoms with Crippen molar-refractivity contribution in [1.82, 2.24) is 9.88 Å². The molecule has 8 heteroatoms. The quantitative estimate of drug-likeness (QED) is 0.276. The maximum atomic E-state index is 12.2. The van der Waals surface area contributed by atoms with E-state index in [-0.39, 0.29) is 37.0 Å². The number of oxime groups is 1.